The third kappa shape index (κ3) is 3.36. The standard InChI is InChI=1S/C19H29ClO3Si/c1-11(2)24(12(3)4,13(5)6)23-18-15(14-7-8-14)9-10-16(20)17(18)19(21)22/h9-14H,7-8H2,1-6H3,(H,21,22). The zero-order valence-electron chi connectivity index (χ0n) is 15.5. The first kappa shape index (κ1) is 19.3. The topological polar surface area (TPSA) is 46.5 Å². The molecule has 2 rings (SSSR count). The molecule has 0 saturated heterocycles. The quantitative estimate of drug-likeness (QED) is 0.561. The Morgan fingerprint density at radius 3 is 2.00 bits per heavy atom. The number of benzene rings is 1. The van der Waals surface area contributed by atoms with E-state index in [4.69, 9.17) is 16.0 Å². The maximum atomic E-state index is 11.9. The fraction of sp³-hybridized carbons (Fsp3) is 0.632. The summed E-state index contributed by atoms with van der Waals surface area (Å²) in [5.74, 6) is -0.0505. The molecule has 0 bridgehead atoms. The molecular weight excluding hydrogens is 340 g/mol. The highest BCUT2D eigenvalue weighted by molar-refractivity contribution is 6.78. The Balaban J connectivity index is 2.65. The molecule has 134 valence electrons. The van der Waals surface area contributed by atoms with Crippen LogP contribution in [-0.2, 0) is 0 Å². The van der Waals surface area contributed by atoms with Gasteiger partial charge in [0.2, 0.25) is 0 Å². The van der Waals surface area contributed by atoms with E-state index >= 15 is 0 Å². The summed E-state index contributed by atoms with van der Waals surface area (Å²) in [4.78, 5) is 11.9. The van der Waals surface area contributed by atoms with Crippen molar-refractivity contribution in [3.63, 3.8) is 0 Å². The van der Waals surface area contributed by atoms with Gasteiger partial charge in [0.05, 0.1) is 5.02 Å². The van der Waals surface area contributed by atoms with Gasteiger partial charge in [-0.3, -0.25) is 0 Å². The van der Waals surface area contributed by atoms with E-state index in [9.17, 15) is 9.90 Å². The summed E-state index contributed by atoms with van der Waals surface area (Å²) in [6.45, 7) is 13.2. The molecule has 0 aromatic heterocycles. The normalized spacial score (nSPS) is 15.4. The Bertz CT molecular complexity index is 600. The average molecular weight is 369 g/mol. The molecule has 1 aromatic carbocycles. The summed E-state index contributed by atoms with van der Waals surface area (Å²) < 4.78 is 6.77. The van der Waals surface area contributed by atoms with E-state index < -0.39 is 14.3 Å². The van der Waals surface area contributed by atoms with Crippen LogP contribution in [0.5, 0.6) is 5.75 Å². The van der Waals surface area contributed by atoms with Crippen molar-refractivity contribution in [2.24, 2.45) is 0 Å². The zero-order valence-corrected chi connectivity index (χ0v) is 17.3. The number of hydrogen-bond donors (Lipinski definition) is 1. The van der Waals surface area contributed by atoms with Crippen LogP contribution in [0.2, 0.25) is 21.6 Å². The van der Waals surface area contributed by atoms with Gasteiger partial charge in [-0.25, -0.2) is 4.79 Å². The van der Waals surface area contributed by atoms with Crippen LogP contribution in [0.25, 0.3) is 0 Å². The van der Waals surface area contributed by atoms with Gasteiger partial charge >= 0.3 is 5.97 Å². The van der Waals surface area contributed by atoms with Crippen molar-refractivity contribution in [1.29, 1.82) is 0 Å². The lowest BCUT2D eigenvalue weighted by molar-refractivity contribution is 0.0694. The van der Waals surface area contributed by atoms with Crippen LogP contribution in [0.4, 0.5) is 0 Å². The molecule has 0 aliphatic heterocycles. The highest BCUT2D eigenvalue weighted by atomic mass is 35.5. The fourth-order valence-corrected chi connectivity index (χ4v) is 9.64. The third-order valence-corrected chi connectivity index (χ3v) is 11.6. The van der Waals surface area contributed by atoms with Crippen LogP contribution in [0.3, 0.4) is 0 Å². The van der Waals surface area contributed by atoms with Crippen molar-refractivity contribution in [3.8, 4) is 5.75 Å². The first-order valence-corrected chi connectivity index (χ1v) is 11.4. The van der Waals surface area contributed by atoms with Crippen LogP contribution in [0.1, 0.15) is 76.2 Å². The van der Waals surface area contributed by atoms with Crippen molar-refractivity contribution in [2.45, 2.75) is 76.9 Å². The first-order chi connectivity index (χ1) is 11.1. The minimum atomic E-state index is -2.24. The number of rotatable bonds is 7. The number of aromatic carboxylic acids is 1. The molecule has 5 heteroatoms. The van der Waals surface area contributed by atoms with Crippen molar-refractivity contribution >= 4 is 25.9 Å². The number of carbonyl (C=O) groups is 1. The van der Waals surface area contributed by atoms with Crippen molar-refractivity contribution in [1.82, 2.24) is 0 Å². The Kier molecular flexibility index (Phi) is 5.70. The van der Waals surface area contributed by atoms with Crippen molar-refractivity contribution < 1.29 is 14.3 Å². The molecule has 1 N–H and O–H groups in total. The maximum absolute atomic E-state index is 11.9. The van der Waals surface area contributed by atoms with Crippen molar-refractivity contribution in [2.75, 3.05) is 0 Å². The lowest BCUT2D eigenvalue weighted by Crippen LogP contribution is -2.51. The largest absolute Gasteiger partial charge is 0.542 e. The molecule has 0 heterocycles. The lowest BCUT2D eigenvalue weighted by Gasteiger charge is -2.43. The van der Waals surface area contributed by atoms with Gasteiger partial charge in [-0.05, 0) is 47.0 Å². The van der Waals surface area contributed by atoms with Gasteiger partial charge in [0.1, 0.15) is 11.3 Å². The molecular formula is C19H29ClO3Si. The summed E-state index contributed by atoms with van der Waals surface area (Å²) in [7, 11) is -2.24. The summed E-state index contributed by atoms with van der Waals surface area (Å²) in [6, 6.07) is 3.66. The number of carboxylic acid groups (broad SMARTS) is 1. The molecule has 0 amide bonds. The van der Waals surface area contributed by atoms with E-state index in [-0.39, 0.29) is 10.6 Å². The van der Waals surface area contributed by atoms with Crippen LogP contribution >= 0.6 is 11.6 Å². The summed E-state index contributed by atoms with van der Waals surface area (Å²) in [5.41, 5.74) is 2.30. The summed E-state index contributed by atoms with van der Waals surface area (Å²) in [6.07, 6.45) is 2.19. The minimum absolute atomic E-state index is 0.139. The lowest BCUT2D eigenvalue weighted by atomic mass is 10.1. The Morgan fingerprint density at radius 1 is 1.12 bits per heavy atom. The second-order valence-electron chi connectivity index (χ2n) is 7.84. The number of hydrogen-bond acceptors (Lipinski definition) is 2. The van der Waals surface area contributed by atoms with E-state index in [1.807, 2.05) is 6.07 Å². The average Bonchev–Trinajstić information content (AvgIpc) is 3.27. The van der Waals surface area contributed by atoms with Gasteiger partial charge < -0.3 is 9.53 Å². The SMILES string of the molecule is CC(C)[Si](Oc1c(C2CC2)ccc(Cl)c1C(=O)O)(C(C)C)C(C)C. The molecule has 3 nitrogen and oxygen atoms in total. The maximum Gasteiger partial charge on any atom is 0.340 e. The molecule has 24 heavy (non-hydrogen) atoms. The predicted molar refractivity (Wildman–Crippen MR) is 102 cm³/mol. The van der Waals surface area contributed by atoms with Gasteiger partial charge in [-0.1, -0.05) is 59.2 Å². The molecule has 0 unspecified atom stereocenters. The second kappa shape index (κ2) is 7.09. The van der Waals surface area contributed by atoms with E-state index in [1.54, 1.807) is 6.07 Å². The van der Waals surface area contributed by atoms with Gasteiger partial charge in [0.15, 0.2) is 0 Å². The molecule has 1 saturated carbocycles. The second-order valence-corrected chi connectivity index (χ2v) is 13.6. The van der Waals surface area contributed by atoms with Gasteiger partial charge in [-0.15, -0.1) is 0 Å². The third-order valence-electron chi connectivity index (χ3n) is 5.35. The van der Waals surface area contributed by atoms with Crippen LogP contribution in [0, 0.1) is 0 Å². The molecule has 1 aliphatic carbocycles. The van der Waals surface area contributed by atoms with Gasteiger partial charge in [-0.2, -0.15) is 0 Å². The number of carboxylic acids is 1. The highest BCUT2D eigenvalue weighted by Gasteiger charge is 2.48. The van der Waals surface area contributed by atoms with Gasteiger partial charge in [0.25, 0.3) is 8.32 Å². The minimum Gasteiger partial charge on any atom is -0.542 e. The van der Waals surface area contributed by atoms with E-state index in [0.29, 0.717) is 28.3 Å². The predicted octanol–water partition coefficient (Wildman–Crippen LogP) is 6.47. The molecule has 0 spiro atoms. The number of halogens is 1. The molecule has 1 fully saturated rings. The Labute approximate surface area is 151 Å². The molecule has 0 atom stereocenters. The summed E-state index contributed by atoms with van der Waals surface area (Å²) in [5, 5.41) is 10.0. The molecule has 1 aliphatic rings. The van der Waals surface area contributed by atoms with Crippen LogP contribution < -0.4 is 4.43 Å². The summed E-state index contributed by atoms with van der Waals surface area (Å²) >= 11 is 6.24. The van der Waals surface area contributed by atoms with Gasteiger partial charge in [0, 0.05) is 0 Å². The van der Waals surface area contributed by atoms with Crippen molar-refractivity contribution in [3.05, 3.63) is 28.3 Å². The molecule has 1 aromatic rings. The van der Waals surface area contributed by atoms with E-state index in [1.165, 1.54) is 0 Å². The zero-order chi connectivity index (χ0) is 18.2. The van der Waals surface area contributed by atoms with Crippen LogP contribution in [0.15, 0.2) is 12.1 Å². The Hall–Kier alpha value is -1.00. The monoisotopic (exact) mass is 368 g/mol. The Morgan fingerprint density at radius 2 is 1.62 bits per heavy atom. The molecule has 0 radical (unpaired) electrons. The van der Waals surface area contributed by atoms with E-state index in [2.05, 4.69) is 41.5 Å². The van der Waals surface area contributed by atoms with E-state index in [0.717, 1.165) is 18.4 Å². The van der Waals surface area contributed by atoms with Crippen LogP contribution in [-0.4, -0.2) is 19.4 Å². The fourth-order valence-electron chi connectivity index (χ4n) is 4.13. The first-order valence-electron chi connectivity index (χ1n) is 8.87. The highest BCUT2D eigenvalue weighted by Crippen LogP contribution is 2.50. The smallest absolute Gasteiger partial charge is 0.340 e.